The minimum atomic E-state index is -0.305. The van der Waals surface area contributed by atoms with Crippen LogP contribution in [0.5, 0.6) is 11.5 Å². The average molecular weight is 388 g/mol. The molecule has 2 N–H and O–H groups in total. The van der Waals surface area contributed by atoms with E-state index in [0.717, 1.165) is 0 Å². The van der Waals surface area contributed by atoms with Gasteiger partial charge in [-0.25, -0.2) is 4.98 Å². The molecule has 0 fully saturated rings. The van der Waals surface area contributed by atoms with E-state index in [9.17, 15) is 5.11 Å². The first-order valence-electron chi connectivity index (χ1n) is 4.41. The fraction of sp³-hybridized carbons (Fsp3) is 0.444. The van der Waals surface area contributed by atoms with E-state index in [0.29, 0.717) is 20.5 Å². The lowest BCUT2D eigenvalue weighted by atomic mass is 10.3. The van der Waals surface area contributed by atoms with Crippen LogP contribution in [-0.4, -0.2) is 27.9 Å². The molecule has 0 aliphatic rings. The first-order chi connectivity index (χ1) is 7.08. The average Bonchev–Trinajstić information content (AvgIpc) is 2.21. The van der Waals surface area contributed by atoms with Crippen LogP contribution in [0.4, 0.5) is 0 Å². The van der Waals surface area contributed by atoms with E-state index in [4.69, 9.17) is 9.84 Å². The predicted octanol–water partition coefficient (Wildman–Crippen LogP) is 2.30. The molecule has 1 rings (SSSR count). The Labute approximate surface area is 110 Å². The van der Waals surface area contributed by atoms with Crippen molar-refractivity contribution in [1.29, 1.82) is 0 Å². The fourth-order valence-electron chi connectivity index (χ4n) is 0.976. The summed E-state index contributed by atoms with van der Waals surface area (Å²) in [6.45, 7) is 1.82. The summed E-state index contributed by atoms with van der Waals surface area (Å²) in [6.07, 6.45) is 0.368. The number of pyridine rings is 1. The van der Waals surface area contributed by atoms with E-state index < -0.39 is 0 Å². The Bertz CT molecular complexity index is 344. The number of nitrogens with zero attached hydrogens (tertiary/aromatic N) is 1. The van der Waals surface area contributed by atoms with Gasteiger partial charge in [0.15, 0.2) is 16.1 Å². The van der Waals surface area contributed by atoms with Crippen LogP contribution in [0.1, 0.15) is 13.3 Å². The van der Waals surface area contributed by atoms with E-state index in [1.54, 1.807) is 6.07 Å². The third-order valence-corrected chi connectivity index (χ3v) is 2.94. The Morgan fingerprint density at radius 3 is 2.87 bits per heavy atom. The first-order valence-corrected chi connectivity index (χ1v) is 6.28. The van der Waals surface area contributed by atoms with Gasteiger partial charge in [-0.3, -0.25) is 0 Å². The lowest BCUT2D eigenvalue weighted by Gasteiger charge is -2.16. The number of aromatic nitrogens is 1. The molecule has 0 bridgehead atoms. The van der Waals surface area contributed by atoms with Crippen LogP contribution in [0, 0.1) is 3.70 Å². The molecule has 0 saturated carbocycles. The maximum atomic E-state index is 9.64. The molecular weight excluding hydrogens is 377 g/mol. The summed E-state index contributed by atoms with van der Waals surface area (Å²) in [5.41, 5.74) is 0. The summed E-state index contributed by atoms with van der Waals surface area (Å²) in [7, 11) is 0. The molecule has 4 nitrogen and oxygen atoms in total. The van der Waals surface area contributed by atoms with Gasteiger partial charge in [-0.15, -0.1) is 0 Å². The second-order valence-corrected chi connectivity index (χ2v) is 4.77. The summed E-state index contributed by atoms with van der Waals surface area (Å²) in [4.78, 5) is 4.00. The first kappa shape index (κ1) is 13.0. The normalized spacial score (nSPS) is 12.5. The van der Waals surface area contributed by atoms with Crippen LogP contribution in [0.3, 0.4) is 0 Å². The van der Waals surface area contributed by atoms with E-state index in [2.05, 4.69) is 20.9 Å². The molecule has 6 heteroatoms. The molecule has 1 aromatic heterocycles. The SMILES string of the molecule is CCC(CO)Oc1cc(I)nc(Br)c1O. The molecule has 1 heterocycles. The van der Waals surface area contributed by atoms with E-state index in [-0.39, 0.29) is 18.5 Å². The van der Waals surface area contributed by atoms with Crippen molar-refractivity contribution < 1.29 is 14.9 Å². The number of aliphatic hydroxyl groups is 1. The molecule has 1 aromatic rings. The van der Waals surface area contributed by atoms with Gasteiger partial charge in [0.25, 0.3) is 0 Å². The van der Waals surface area contributed by atoms with Gasteiger partial charge in [0.05, 0.1) is 6.61 Å². The Balaban J connectivity index is 2.93. The van der Waals surface area contributed by atoms with Crippen LogP contribution in [0.25, 0.3) is 0 Å². The summed E-state index contributed by atoms with van der Waals surface area (Å²) < 4.78 is 6.48. The van der Waals surface area contributed by atoms with Gasteiger partial charge < -0.3 is 14.9 Å². The third-order valence-electron chi connectivity index (χ3n) is 1.84. The number of aliphatic hydroxyl groups excluding tert-OH is 1. The van der Waals surface area contributed by atoms with Crippen molar-refractivity contribution in [3.05, 3.63) is 14.4 Å². The fourth-order valence-corrected chi connectivity index (χ4v) is 2.22. The molecule has 0 aliphatic carbocycles. The number of ether oxygens (including phenoxy) is 1. The Morgan fingerprint density at radius 2 is 2.33 bits per heavy atom. The zero-order valence-corrected chi connectivity index (χ0v) is 11.8. The number of rotatable bonds is 4. The topological polar surface area (TPSA) is 62.6 Å². The maximum absolute atomic E-state index is 9.64. The molecule has 0 amide bonds. The standard InChI is InChI=1S/C9H11BrINO3/c1-2-5(4-13)15-6-3-7(11)12-9(10)8(6)14/h3,5,13-14H,2,4H2,1H3. The van der Waals surface area contributed by atoms with Crippen LogP contribution < -0.4 is 4.74 Å². The minimum Gasteiger partial charge on any atom is -0.502 e. The molecule has 0 aromatic carbocycles. The number of hydrogen-bond acceptors (Lipinski definition) is 4. The molecule has 84 valence electrons. The van der Waals surface area contributed by atoms with Gasteiger partial charge in [0.1, 0.15) is 9.80 Å². The quantitative estimate of drug-likeness (QED) is 0.614. The minimum absolute atomic E-state index is 0.0395. The summed E-state index contributed by atoms with van der Waals surface area (Å²) in [5.74, 6) is 0.296. The van der Waals surface area contributed by atoms with Crippen molar-refractivity contribution >= 4 is 38.5 Å². The van der Waals surface area contributed by atoms with Gasteiger partial charge in [0, 0.05) is 6.07 Å². The van der Waals surface area contributed by atoms with Gasteiger partial charge in [0.2, 0.25) is 0 Å². The zero-order valence-electron chi connectivity index (χ0n) is 8.07. The van der Waals surface area contributed by atoms with Crippen LogP contribution >= 0.6 is 38.5 Å². The van der Waals surface area contributed by atoms with Crippen LogP contribution in [-0.2, 0) is 0 Å². The van der Waals surface area contributed by atoms with Gasteiger partial charge >= 0.3 is 0 Å². The smallest absolute Gasteiger partial charge is 0.191 e. The molecule has 0 saturated heterocycles. The Kier molecular flexibility index (Phi) is 5.07. The lowest BCUT2D eigenvalue weighted by molar-refractivity contribution is 0.109. The highest BCUT2D eigenvalue weighted by molar-refractivity contribution is 14.1. The summed E-state index contributed by atoms with van der Waals surface area (Å²) in [5, 5.41) is 18.6. The highest BCUT2D eigenvalue weighted by Gasteiger charge is 2.14. The van der Waals surface area contributed by atoms with Gasteiger partial charge in [-0.2, -0.15) is 0 Å². The van der Waals surface area contributed by atoms with Crippen molar-refractivity contribution in [3.63, 3.8) is 0 Å². The molecule has 0 spiro atoms. The zero-order chi connectivity index (χ0) is 11.4. The number of aromatic hydroxyl groups is 1. The van der Waals surface area contributed by atoms with E-state index in [1.165, 1.54) is 0 Å². The second kappa shape index (κ2) is 5.86. The van der Waals surface area contributed by atoms with Gasteiger partial charge in [-0.1, -0.05) is 6.92 Å². The van der Waals surface area contributed by atoms with E-state index in [1.807, 2.05) is 29.5 Å². The van der Waals surface area contributed by atoms with Crippen molar-refractivity contribution in [3.8, 4) is 11.5 Å². The van der Waals surface area contributed by atoms with Crippen molar-refractivity contribution in [2.75, 3.05) is 6.61 Å². The monoisotopic (exact) mass is 387 g/mol. The summed E-state index contributed by atoms with van der Waals surface area (Å²) >= 11 is 5.15. The second-order valence-electron chi connectivity index (χ2n) is 2.91. The molecule has 1 unspecified atom stereocenters. The highest BCUT2D eigenvalue weighted by atomic mass is 127. The highest BCUT2D eigenvalue weighted by Crippen LogP contribution is 2.34. The van der Waals surface area contributed by atoms with E-state index >= 15 is 0 Å². The lowest BCUT2D eigenvalue weighted by Crippen LogP contribution is -2.19. The molecule has 1 atom stereocenters. The van der Waals surface area contributed by atoms with Gasteiger partial charge in [-0.05, 0) is 44.9 Å². The molecule has 0 aliphatic heterocycles. The van der Waals surface area contributed by atoms with Crippen LogP contribution in [0.2, 0.25) is 0 Å². The Morgan fingerprint density at radius 1 is 1.67 bits per heavy atom. The number of halogens is 2. The number of hydrogen-bond donors (Lipinski definition) is 2. The summed E-state index contributed by atoms with van der Waals surface area (Å²) in [6, 6.07) is 1.62. The van der Waals surface area contributed by atoms with Crippen molar-refractivity contribution in [1.82, 2.24) is 4.98 Å². The molecule has 0 radical (unpaired) electrons. The van der Waals surface area contributed by atoms with Crippen molar-refractivity contribution in [2.24, 2.45) is 0 Å². The molecular formula is C9H11BrINO3. The Hall–Kier alpha value is -0.0800. The van der Waals surface area contributed by atoms with Crippen LogP contribution in [0.15, 0.2) is 10.7 Å². The maximum Gasteiger partial charge on any atom is 0.191 e. The largest absolute Gasteiger partial charge is 0.502 e. The molecule has 15 heavy (non-hydrogen) atoms. The third kappa shape index (κ3) is 3.46. The predicted molar refractivity (Wildman–Crippen MR) is 68.1 cm³/mol. The van der Waals surface area contributed by atoms with Crippen molar-refractivity contribution in [2.45, 2.75) is 19.4 Å².